The van der Waals surface area contributed by atoms with Crippen molar-refractivity contribution in [1.82, 2.24) is 5.32 Å². The Kier molecular flexibility index (Phi) is 14.6. The zero-order valence-corrected chi connectivity index (χ0v) is 37.3. The summed E-state index contributed by atoms with van der Waals surface area (Å²) in [5.74, 6) is -0.753. The topological polar surface area (TPSA) is 123 Å². The van der Waals surface area contributed by atoms with E-state index in [0.717, 1.165) is 34.4 Å². The summed E-state index contributed by atoms with van der Waals surface area (Å²) in [5, 5.41) is 8.67. The average Bonchev–Trinajstić information content (AvgIpc) is 3.71. The summed E-state index contributed by atoms with van der Waals surface area (Å²) >= 11 is 2.77. The van der Waals surface area contributed by atoms with E-state index < -0.39 is 23.0 Å². The van der Waals surface area contributed by atoms with Gasteiger partial charge in [0.05, 0.1) is 12.2 Å². The number of carbonyl (C=O) groups excluding carboxylic acids is 4. The number of hydrogen-bond acceptors (Lipinski definition) is 8. The van der Waals surface area contributed by atoms with Gasteiger partial charge < -0.3 is 25.4 Å². The summed E-state index contributed by atoms with van der Waals surface area (Å²) in [5.41, 5.74) is 6.00. The molecule has 326 valence electrons. The van der Waals surface area contributed by atoms with Crippen molar-refractivity contribution < 1.29 is 28.7 Å². The van der Waals surface area contributed by atoms with Crippen molar-refractivity contribution in [3.8, 4) is 5.75 Å². The smallest absolute Gasteiger partial charge is 0.341 e. The summed E-state index contributed by atoms with van der Waals surface area (Å²) in [6, 6.07) is 52.9. The second-order valence-corrected chi connectivity index (χ2v) is 17.7. The van der Waals surface area contributed by atoms with Crippen LogP contribution in [0.3, 0.4) is 0 Å². The molecule has 0 saturated carbocycles. The molecule has 0 spiro atoms. The number of carbonyl (C=O) groups is 4. The molecule has 7 aromatic rings. The number of benzene rings is 6. The molecule has 2 atom stereocenters. The van der Waals surface area contributed by atoms with Gasteiger partial charge in [0.1, 0.15) is 28.3 Å². The van der Waals surface area contributed by atoms with Gasteiger partial charge in [-0.25, -0.2) is 4.79 Å². The molecule has 3 amide bonds. The van der Waals surface area contributed by atoms with E-state index in [1.807, 2.05) is 115 Å². The van der Waals surface area contributed by atoms with Crippen molar-refractivity contribution in [3.05, 3.63) is 219 Å². The molecule has 1 heterocycles. The van der Waals surface area contributed by atoms with Gasteiger partial charge in [0.25, 0.3) is 11.8 Å². The van der Waals surface area contributed by atoms with Gasteiger partial charge in [-0.1, -0.05) is 127 Å². The molecule has 9 nitrogen and oxygen atoms in total. The lowest BCUT2D eigenvalue weighted by atomic mass is 9.83. The number of fused-ring (bicyclic) bond motifs is 1. The van der Waals surface area contributed by atoms with Crippen LogP contribution in [0.5, 0.6) is 5.75 Å². The standard InChI is InChI=1S/C54H47N3O6S2/c1-2-62-54(61)48-45-31-28-41(38-18-9-4-10-19-38)33-47(45)65-53(48)57-52(60)49(39-20-11-5-12-21-39)64-44-25-15-24-42(34-44)55-51(59)46(56-50(58)40-22-13-6-14-23-40)32-36-26-29-43(30-27-36)63-35-37-16-7-3-8-17-37/h3-27,29-30,32,34,41,49H,2,28,31,33,35H2,1H3,(H,55,59)(H,56,58)(H,57,60)/b46-32-. The van der Waals surface area contributed by atoms with E-state index in [-0.39, 0.29) is 18.2 Å². The molecule has 0 bridgehead atoms. The van der Waals surface area contributed by atoms with E-state index in [4.69, 9.17) is 9.47 Å². The summed E-state index contributed by atoms with van der Waals surface area (Å²) < 4.78 is 11.5. The first-order valence-electron chi connectivity index (χ1n) is 21.5. The summed E-state index contributed by atoms with van der Waals surface area (Å²) in [4.78, 5) is 57.3. The van der Waals surface area contributed by atoms with Gasteiger partial charge >= 0.3 is 5.97 Å². The SMILES string of the molecule is CCOC(=O)c1c(NC(=O)C(Sc2cccc(NC(=O)/C(=C/c3ccc(OCc4ccccc4)cc3)NC(=O)c3ccccc3)c2)c2ccccc2)sc2c1CCC(c1ccccc1)C2. The maximum absolute atomic E-state index is 14.5. The van der Waals surface area contributed by atoms with E-state index in [1.165, 1.54) is 28.7 Å². The van der Waals surface area contributed by atoms with Crippen molar-refractivity contribution in [3.63, 3.8) is 0 Å². The summed E-state index contributed by atoms with van der Waals surface area (Å²) in [6.07, 6.45) is 3.97. The lowest BCUT2D eigenvalue weighted by Crippen LogP contribution is -2.30. The van der Waals surface area contributed by atoms with Crippen molar-refractivity contribution >= 4 is 63.6 Å². The quantitative estimate of drug-likeness (QED) is 0.0501. The lowest BCUT2D eigenvalue weighted by molar-refractivity contribution is -0.116. The number of amides is 3. The number of rotatable bonds is 16. The highest BCUT2D eigenvalue weighted by Crippen LogP contribution is 2.44. The van der Waals surface area contributed by atoms with Gasteiger partial charge in [0.2, 0.25) is 5.91 Å². The molecule has 2 unspecified atom stereocenters. The predicted octanol–water partition coefficient (Wildman–Crippen LogP) is 11.7. The van der Waals surface area contributed by atoms with Crippen LogP contribution in [-0.4, -0.2) is 30.3 Å². The fourth-order valence-corrected chi connectivity index (χ4v) is 10.1. The molecule has 3 N–H and O–H groups in total. The Morgan fingerprint density at radius 2 is 1.45 bits per heavy atom. The molecule has 0 saturated heterocycles. The number of esters is 1. The van der Waals surface area contributed by atoms with E-state index in [9.17, 15) is 19.2 Å². The largest absolute Gasteiger partial charge is 0.489 e. The number of nitrogens with one attached hydrogen (secondary N) is 3. The molecule has 6 aromatic carbocycles. The maximum atomic E-state index is 14.5. The molecule has 1 aromatic heterocycles. The summed E-state index contributed by atoms with van der Waals surface area (Å²) in [7, 11) is 0. The van der Waals surface area contributed by atoms with Gasteiger partial charge in [-0.15, -0.1) is 23.1 Å². The van der Waals surface area contributed by atoms with Crippen molar-refractivity contribution in [2.24, 2.45) is 0 Å². The highest BCUT2D eigenvalue weighted by Gasteiger charge is 2.32. The van der Waals surface area contributed by atoms with Crippen LogP contribution in [0, 0.1) is 0 Å². The minimum atomic E-state index is -0.728. The van der Waals surface area contributed by atoms with Crippen LogP contribution in [0.4, 0.5) is 10.7 Å². The molecule has 65 heavy (non-hydrogen) atoms. The molecule has 0 radical (unpaired) electrons. The van der Waals surface area contributed by atoms with Gasteiger partial charge in [-0.05, 0) is 108 Å². The highest BCUT2D eigenvalue weighted by atomic mass is 32.2. The molecule has 1 aliphatic carbocycles. The van der Waals surface area contributed by atoms with Crippen LogP contribution >= 0.6 is 23.1 Å². The predicted molar refractivity (Wildman–Crippen MR) is 259 cm³/mol. The van der Waals surface area contributed by atoms with Crippen molar-refractivity contribution in [2.45, 2.75) is 48.9 Å². The second kappa shape index (κ2) is 21.4. The van der Waals surface area contributed by atoms with Gasteiger partial charge in [0, 0.05) is 21.0 Å². The van der Waals surface area contributed by atoms with E-state index in [1.54, 1.807) is 55.5 Å². The van der Waals surface area contributed by atoms with E-state index >= 15 is 0 Å². The Morgan fingerprint density at radius 1 is 0.769 bits per heavy atom. The van der Waals surface area contributed by atoms with Crippen LogP contribution in [0.2, 0.25) is 0 Å². The molecule has 0 aliphatic heterocycles. The van der Waals surface area contributed by atoms with Crippen LogP contribution < -0.4 is 20.7 Å². The number of ether oxygens (including phenoxy) is 2. The molecule has 1 aliphatic rings. The minimum Gasteiger partial charge on any atom is -0.489 e. The fraction of sp³-hybridized carbons (Fsp3) is 0.148. The number of anilines is 2. The maximum Gasteiger partial charge on any atom is 0.341 e. The molecule has 0 fully saturated rings. The minimum absolute atomic E-state index is 0.0301. The molecule has 11 heteroatoms. The Hall–Kier alpha value is -7.21. The Morgan fingerprint density at radius 3 is 2.15 bits per heavy atom. The van der Waals surface area contributed by atoms with Crippen LogP contribution in [0.25, 0.3) is 6.08 Å². The molecule has 8 rings (SSSR count). The third-order valence-electron chi connectivity index (χ3n) is 10.9. The second-order valence-electron chi connectivity index (χ2n) is 15.4. The van der Waals surface area contributed by atoms with Gasteiger partial charge in [0.15, 0.2) is 0 Å². The summed E-state index contributed by atoms with van der Waals surface area (Å²) in [6.45, 7) is 2.40. The zero-order chi connectivity index (χ0) is 45.0. The van der Waals surface area contributed by atoms with Crippen LogP contribution in [-0.2, 0) is 33.8 Å². The molecular formula is C54H47N3O6S2. The van der Waals surface area contributed by atoms with Crippen molar-refractivity contribution in [2.75, 3.05) is 17.2 Å². The third kappa shape index (κ3) is 11.5. The molecular weight excluding hydrogens is 851 g/mol. The van der Waals surface area contributed by atoms with Gasteiger partial charge in [-0.2, -0.15) is 0 Å². The van der Waals surface area contributed by atoms with Crippen molar-refractivity contribution in [1.29, 1.82) is 0 Å². The fourth-order valence-electron chi connectivity index (χ4n) is 7.67. The first kappa shape index (κ1) is 44.4. The zero-order valence-electron chi connectivity index (χ0n) is 35.7. The number of thiophene rings is 1. The normalized spacial score (nSPS) is 13.7. The Bertz CT molecular complexity index is 2780. The van der Waals surface area contributed by atoms with Gasteiger partial charge in [-0.3, -0.25) is 14.4 Å². The van der Waals surface area contributed by atoms with Crippen LogP contribution in [0.15, 0.2) is 180 Å². The highest BCUT2D eigenvalue weighted by molar-refractivity contribution is 8.00. The average molecular weight is 898 g/mol. The monoisotopic (exact) mass is 897 g/mol. The third-order valence-corrected chi connectivity index (χ3v) is 13.3. The number of hydrogen-bond donors (Lipinski definition) is 3. The number of thioether (sulfide) groups is 1. The first-order valence-corrected chi connectivity index (χ1v) is 23.2. The Labute approximate surface area is 386 Å². The van der Waals surface area contributed by atoms with E-state index in [2.05, 4.69) is 28.1 Å². The lowest BCUT2D eigenvalue weighted by Gasteiger charge is -2.23. The van der Waals surface area contributed by atoms with E-state index in [0.29, 0.717) is 57.0 Å². The van der Waals surface area contributed by atoms with Crippen LogP contribution in [0.1, 0.15) is 77.9 Å². The first-order chi connectivity index (χ1) is 31.8. The Balaban J connectivity index is 1.02.